The summed E-state index contributed by atoms with van der Waals surface area (Å²) < 4.78 is 15.0. The van der Waals surface area contributed by atoms with E-state index in [9.17, 15) is 4.39 Å². The third-order valence-electron chi connectivity index (χ3n) is 2.32. The molecule has 1 aliphatic carbocycles. The van der Waals surface area contributed by atoms with Crippen molar-refractivity contribution in [2.75, 3.05) is 12.9 Å². The van der Waals surface area contributed by atoms with Gasteiger partial charge in [0, 0.05) is 23.9 Å². The first-order valence-electron chi connectivity index (χ1n) is 6.39. The van der Waals surface area contributed by atoms with E-state index >= 15 is 0 Å². The lowest BCUT2D eigenvalue weighted by atomic mass is 10.2. The van der Waals surface area contributed by atoms with E-state index in [1.807, 2.05) is 29.6 Å². The maximum Gasteiger partial charge on any atom is 0.130 e. The Morgan fingerprint density at radius 3 is 2.95 bits per heavy atom. The van der Waals surface area contributed by atoms with Crippen LogP contribution in [0.1, 0.15) is 13.8 Å². The molecule has 0 aliphatic heterocycles. The van der Waals surface area contributed by atoms with Gasteiger partial charge in [-0.1, -0.05) is 37.8 Å². The highest BCUT2D eigenvalue weighted by atomic mass is 35.5. The largest absolute Gasteiger partial charge is 0.308 e. The van der Waals surface area contributed by atoms with Crippen LogP contribution in [0, 0.1) is 5.92 Å². The normalized spacial score (nSPS) is 15.6. The van der Waals surface area contributed by atoms with Crippen molar-refractivity contribution < 1.29 is 4.39 Å². The van der Waals surface area contributed by atoms with E-state index in [2.05, 4.69) is 25.7 Å². The van der Waals surface area contributed by atoms with Crippen molar-refractivity contribution in [2.45, 2.75) is 13.8 Å². The van der Waals surface area contributed by atoms with Gasteiger partial charge in [-0.3, -0.25) is 0 Å². The summed E-state index contributed by atoms with van der Waals surface area (Å²) in [5, 5.41) is 0. The number of halogens is 2. The van der Waals surface area contributed by atoms with Crippen LogP contribution in [0.3, 0.4) is 0 Å². The van der Waals surface area contributed by atoms with Crippen molar-refractivity contribution in [3.05, 3.63) is 64.7 Å². The molecule has 0 saturated carbocycles. The summed E-state index contributed by atoms with van der Waals surface area (Å²) in [5.74, 6) is 0.631. The predicted octanol–water partition coefficient (Wildman–Crippen LogP) is 5.36. The molecule has 0 amide bonds. The van der Waals surface area contributed by atoms with Crippen molar-refractivity contribution in [2.24, 2.45) is 5.92 Å². The van der Waals surface area contributed by atoms with Crippen LogP contribution in [0.25, 0.3) is 0 Å². The van der Waals surface area contributed by atoms with Gasteiger partial charge in [0.2, 0.25) is 0 Å². The minimum absolute atomic E-state index is 0.297. The number of hydrogen-bond donors (Lipinski definition) is 0. The number of rotatable bonds is 6. The van der Waals surface area contributed by atoms with Crippen LogP contribution >= 0.6 is 23.5 Å². The molecule has 1 rings (SSSR count). The molecule has 0 heterocycles. The van der Waals surface area contributed by atoms with Gasteiger partial charge in [-0.25, -0.2) is 4.39 Å². The van der Waals surface area contributed by atoms with Crippen LogP contribution in [-0.4, -0.2) is 17.2 Å². The minimum Gasteiger partial charge on any atom is -0.308 e. The molecule has 0 fully saturated rings. The van der Waals surface area contributed by atoms with Crippen molar-refractivity contribution in [1.82, 2.24) is 4.31 Å². The van der Waals surface area contributed by atoms with Crippen LogP contribution in [0.2, 0.25) is 0 Å². The fourth-order valence-corrected chi connectivity index (χ4v) is 2.59. The van der Waals surface area contributed by atoms with E-state index in [1.54, 1.807) is 18.0 Å². The minimum atomic E-state index is -0.297. The predicted molar refractivity (Wildman–Crippen MR) is 88.1 cm³/mol. The zero-order chi connectivity index (χ0) is 15.0. The summed E-state index contributed by atoms with van der Waals surface area (Å²) in [6.07, 6.45) is 12.3. The van der Waals surface area contributed by atoms with Crippen LogP contribution in [-0.2, 0) is 0 Å². The molecular weight excluding hydrogens is 293 g/mol. The van der Waals surface area contributed by atoms with Gasteiger partial charge in [0.1, 0.15) is 5.83 Å². The molecule has 108 valence electrons. The Morgan fingerprint density at radius 1 is 1.55 bits per heavy atom. The van der Waals surface area contributed by atoms with Gasteiger partial charge in [-0.2, -0.15) is 0 Å². The van der Waals surface area contributed by atoms with Crippen molar-refractivity contribution in [3.63, 3.8) is 0 Å². The van der Waals surface area contributed by atoms with Crippen molar-refractivity contribution in [1.29, 1.82) is 0 Å². The van der Waals surface area contributed by atoms with E-state index < -0.39 is 0 Å². The zero-order valence-corrected chi connectivity index (χ0v) is 13.5. The lowest BCUT2D eigenvalue weighted by Gasteiger charge is -2.18. The van der Waals surface area contributed by atoms with E-state index in [1.165, 1.54) is 12.2 Å². The van der Waals surface area contributed by atoms with Gasteiger partial charge in [0.15, 0.2) is 0 Å². The van der Waals surface area contributed by atoms with Gasteiger partial charge in [0.25, 0.3) is 0 Å². The highest BCUT2D eigenvalue weighted by Crippen LogP contribution is 2.26. The third-order valence-corrected chi connectivity index (χ3v) is 3.45. The molecular formula is C16H19ClFNS. The number of alkyl halides is 1. The molecule has 20 heavy (non-hydrogen) atoms. The fourth-order valence-electron chi connectivity index (χ4n) is 1.48. The summed E-state index contributed by atoms with van der Waals surface area (Å²) >= 11 is 7.25. The first kappa shape index (κ1) is 16.9. The number of likely N-dealkylation sites (N-methyl/N-ethyl adjacent to an activating group) is 1. The summed E-state index contributed by atoms with van der Waals surface area (Å²) in [5.41, 5.74) is 3.75. The number of allylic oxidation sites excluding steroid dienone is 7. The van der Waals surface area contributed by atoms with E-state index in [0.717, 1.165) is 10.6 Å². The molecule has 0 radical (unpaired) electrons. The highest BCUT2D eigenvalue weighted by molar-refractivity contribution is 8.01. The number of nitrogens with zero attached hydrogens (tertiary/aromatic N) is 1. The average Bonchev–Trinajstić information content (AvgIpc) is 2.60. The van der Waals surface area contributed by atoms with Gasteiger partial charge in [0.05, 0.1) is 5.70 Å². The smallest absolute Gasteiger partial charge is 0.130 e. The lowest BCUT2D eigenvalue weighted by molar-refractivity contribution is 0.667. The Hall–Kier alpha value is -1.15. The molecule has 4 heteroatoms. The van der Waals surface area contributed by atoms with E-state index in [0.29, 0.717) is 11.8 Å². The van der Waals surface area contributed by atoms with Gasteiger partial charge >= 0.3 is 0 Å². The second kappa shape index (κ2) is 8.91. The third kappa shape index (κ3) is 6.33. The molecule has 0 unspecified atom stereocenters. The molecule has 1 aliphatic rings. The molecule has 0 bridgehead atoms. The Labute approximate surface area is 130 Å². The topological polar surface area (TPSA) is 3.24 Å². The second-order valence-electron chi connectivity index (χ2n) is 4.54. The van der Waals surface area contributed by atoms with E-state index in [-0.39, 0.29) is 5.83 Å². The monoisotopic (exact) mass is 311 g/mol. The average molecular weight is 312 g/mol. The molecule has 0 atom stereocenters. The maximum atomic E-state index is 13.1. The quantitative estimate of drug-likeness (QED) is 0.281. The first-order chi connectivity index (χ1) is 9.52. The summed E-state index contributed by atoms with van der Waals surface area (Å²) in [6.45, 7) is 4.25. The van der Waals surface area contributed by atoms with Crippen LogP contribution in [0.15, 0.2) is 64.7 Å². The Kier molecular flexibility index (Phi) is 7.53. The Balaban J connectivity index is 2.84. The van der Waals surface area contributed by atoms with Gasteiger partial charge in [-0.15, -0.1) is 11.6 Å². The molecule has 0 aromatic carbocycles. The maximum absolute atomic E-state index is 13.1. The van der Waals surface area contributed by atoms with Crippen molar-refractivity contribution >= 4 is 23.5 Å². The standard InChI is InChI=1S/C16H19ClFNS/c1-13(2)12-16(8-5-11-17)20-19(3)15-7-4-6-14(18)9-10-15/h4-9,12-13H,11H2,1-3H3/b8-5-,16-12+. The van der Waals surface area contributed by atoms with Gasteiger partial charge < -0.3 is 4.31 Å². The fraction of sp³-hybridized carbons (Fsp3) is 0.312. The summed E-state index contributed by atoms with van der Waals surface area (Å²) in [6, 6.07) is 0. The highest BCUT2D eigenvalue weighted by Gasteiger charge is 2.06. The first-order valence-corrected chi connectivity index (χ1v) is 7.70. The van der Waals surface area contributed by atoms with Crippen LogP contribution in [0.5, 0.6) is 0 Å². The van der Waals surface area contributed by atoms with E-state index in [4.69, 9.17) is 11.6 Å². The summed E-state index contributed by atoms with van der Waals surface area (Å²) in [7, 11) is 1.93. The summed E-state index contributed by atoms with van der Waals surface area (Å²) in [4.78, 5) is 1.10. The molecule has 0 spiro atoms. The van der Waals surface area contributed by atoms with Gasteiger partial charge in [-0.05, 0) is 36.1 Å². The Bertz CT molecular complexity index is 509. The molecule has 0 saturated heterocycles. The zero-order valence-electron chi connectivity index (χ0n) is 11.9. The molecule has 1 nitrogen and oxygen atoms in total. The van der Waals surface area contributed by atoms with Crippen LogP contribution in [0.4, 0.5) is 4.39 Å². The van der Waals surface area contributed by atoms with Crippen LogP contribution < -0.4 is 0 Å². The van der Waals surface area contributed by atoms with Crippen molar-refractivity contribution in [3.8, 4) is 0 Å². The molecule has 0 aromatic rings. The second-order valence-corrected chi connectivity index (χ2v) is 6.05. The SMILES string of the molecule is CC(C)/C=C(\C=C/CCl)SN(C)C1=C=CC(F)=CC=C1. The lowest BCUT2D eigenvalue weighted by Crippen LogP contribution is -2.06. The molecule has 0 aromatic heterocycles. The number of hydrogen-bond acceptors (Lipinski definition) is 2. The Morgan fingerprint density at radius 2 is 2.30 bits per heavy atom. The molecule has 0 N–H and O–H groups in total.